The molecule has 0 aliphatic carbocycles. The maximum absolute atomic E-state index is 11.3. The fraction of sp³-hybridized carbons (Fsp3) is 1.00. The first-order chi connectivity index (χ1) is 6.87. The van der Waals surface area contributed by atoms with E-state index in [9.17, 15) is 8.42 Å². The normalized spacial score (nSPS) is 12.7. The number of nitrogens with zero attached hydrogens (tertiary/aromatic N) is 2. The molecule has 0 aromatic carbocycles. The van der Waals surface area contributed by atoms with Crippen molar-refractivity contribution in [1.82, 2.24) is 9.80 Å². The molecule has 15 heavy (non-hydrogen) atoms. The van der Waals surface area contributed by atoms with Crippen LogP contribution < -0.4 is 0 Å². The van der Waals surface area contributed by atoms with Crippen LogP contribution in [-0.2, 0) is 9.84 Å². The highest BCUT2D eigenvalue weighted by molar-refractivity contribution is 7.91. The van der Waals surface area contributed by atoms with Crippen molar-refractivity contribution in [3.05, 3.63) is 0 Å². The van der Waals surface area contributed by atoms with Crippen LogP contribution in [-0.4, -0.2) is 70.5 Å². The van der Waals surface area contributed by atoms with Gasteiger partial charge < -0.3 is 9.80 Å². The van der Waals surface area contributed by atoms with Gasteiger partial charge in [-0.15, -0.1) is 0 Å². The third-order valence-electron chi connectivity index (χ3n) is 2.37. The lowest BCUT2D eigenvalue weighted by molar-refractivity contribution is 0.312. The lowest BCUT2D eigenvalue weighted by Crippen LogP contribution is -2.29. The van der Waals surface area contributed by atoms with Crippen molar-refractivity contribution in [2.45, 2.75) is 13.3 Å². The summed E-state index contributed by atoms with van der Waals surface area (Å²) in [7, 11) is 3.25. The first-order valence-corrected chi connectivity index (χ1v) is 7.23. The van der Waals surface area contributed by atoms with Crippen LogP contribution in [0.15, 0.2) is 0 Å². The van der Waals surface area contributed by atoms with Crippen LogP contribution in [0, 0.1) is 0 Å². The first kappa shape index (κ1) is 14.9. The Balaban J connectivity index is 3.62. The quantitative estimate of drug-likeness (QED) is 0.608. The second-order valence-corrected chi connectivity index (χ2v) is 6.67. The molecule has 0 saturated carbocycles. The summed E-state index contributed by atoms with van der Waals surface area (Å²) in [6, 6.07) is 0. The largest absolute Gasteiger partial charge is 0.309 e. The molecule has 0 aliphatic rings. The molecule has 0 bridgehead atoms. The van der Waals surface area contributed by atoms with Gasteiger partial charge in [-0.2, -0.15) is 0 Å². The van der Waals surface area contributed by atoms with E-state index >= 15 is 0 Å². The summed E-state index contributed by atoms with van der Waals surface area (Å²) < 4.78 is 22.5. The molecule has 0 heterocycles. The van der Waals surface area contributed by atoms with Gasteiger partial charge in [-0.05, 0) is 40.7 Å². The van der Waals surface area contributed by atoms with Crippen molar-refractivity contribution in [2.24, 2.45) is 0 Å². The highest BCUT2D eigenvalue weighted by Crippen LogP contribution is 1.94. The molecule has 0 rings (SSSR count). The van der Waals surface area contributed by atoms with E-state index in [1.54, 1.807) is 6.92 Å². The summed E-state index contributed by atoms with van der Waals surface area (Å²) in [5.41, 5.74) is 0. The lowest BCUT2D eigenvalue weighted by atomic mass is 10.4. The molecule has 0 aromatic heterocycles. The third kappa shape index (κ3) is 8.84. The smallest absolute Gasteiger partial charge is 0.151 e. The number of hydrogen-bond donors (Lipinski definition) is 0. The summed E-state index contributed by atoms with van der Waals surface area (Å²) >= 11 is 0. The molecule has 92 valence electrons. The van der Waals surface area contributed by atoms with Gasteiger partial charge in [0.1, 0.15) is 0 Å². The zero-order valence-corrected chi connectivity index (χ0v) is 11.2. The standard InChI is InChI=1S/C10H24N2O2S/c1-5-15(13,14)10-9-12(4)8-6-7-11(2)3/h5-10H2,1-4H3. The van der Waals surface area contributed by atoms with Gasteiger partial charge in [-0.3, -0.25) is 0 Å². The first-order valence-electron chi connectivity index (χ1n) is 5.41. The predicted octanol–water partition coefficient (Wildman–Crippen LogP) is 0.305. The van der Waals surface area contributed by atoms with Crippen molar-refractivity contribution in [3.63, 3.8) is 0 Å². The molecule has 0 N–H and O–H groups in total. The Morgan fingerprint density at radius 2 is 1.60 bits per heavy atom. The van der Waals surface area contributed by atoms with Crippen LogP contribution in [0.3, 0.4) is 0 Å². The van der Waals surface area contributed by atoms with E-state index in [-0.39, 0.29) is 11.5 Å². The molecular weight excluding hydrogens is 212 g/mol. The van der Waals surface area contributed by atoms with Crippen molar-refractivity contribution in [2.75, 3.05) is 52.3 Å². The van der Waals surface area contributed by atoms with Gasteiger partial charge in [-0.25, -0.2) is 8.42 Å². The van der Waals surface area contributed by atoms with E-state index < -0.39 is 9.84 Å². The zero-order chi connectivity index (χ0) is 11.9. The van der Waals surface area contributed by atoms with Gasteiger partial charge in [0.05, 0.1) is 5.75 Å². The van der Waals surface area contributed by atoms with Crippen LogP contribution in [0.1, 0.15) is 13.3 Å². The lowest BCUT2D eigenvalue weighted by Gasteiger charge is -2.17. The molecule has 0 atom stereocenters. The molecule has 0 unspecified atom stereocenters. The monoisotopic (exact) mass is 236 g/mol. The van der Waals surface area contributed by atoms with Crippen LogP contribution in [0.4, 0.5) is 0 Å². The summed E-state index contributed by atoms with van der Waals surface area (Å²) in [5.74, 6) is 0.528. The third-order valence-corrected chi connectivity index (χ3v) is 4.05. The summed E-state index contributed by atoms with van der Waals surface area (Å²) in [5, 5.41) is 0. The fourth-order valence-electron chi connectivity index (χ4n) is 1.21. The van der Waals surface area contributed by atoms with Gasteiger partial charge in [-0.1, -0.05) is 6.92 Å². The van der Waals surface area contributed by atoms with Gasteiger partial charge in [0.15, 0.2) is 9.84 Å². The molecule has 0 radical (unpaired) electrons. The SMILES string of the molecule is CCS(=O)(=O)CCN(C)CCCN(C)C. The van der Waals surface area contributed by atoms with E-state index in [4.69, 9.17) is 0 Å². The second kappa shape index (κ2) is 7.19. The van der Waals surface area contributed by atoms with Crippen molar-refractivity contribution < 1.29 is 8.42 Å². The van der Waals surface area contributed by atoms with Crippen molar-refractivity contribution >= 4 is 9.84 Å². The van der Waals surface area contributed by atoms with E-state index in [0.29, 0.717) is 6.54 Å². The highest BCUT2D eigenvalue weighted by Gasteiger charge is 2.08. The van der Waals surface area contributed by atoms with Gasteiger partial charge in [0, 0.05) is 12.3 Å². The maximum atomic E-state index is 11.3. The maximum Gasteiger partial charge on any atom is 0.151 e. The summed E-state index contributed by atoms with van der Waals surface area (Å²) in [4.78, 5) is 4.22. The number of sulfone groups is 1. The molecule has 0 saturated heterocycles. The number of hydrogen-bond acceptors (Lipinski definition) is 4. The van der Waals surface area contributed by atoms with Gasteiger partial charge in [0.2, 0.25) is 0 Å². The Morgan fingerprint density at radius 1 is 1.00 bits per heavy atom. The van der Waals surface area contributed by atoms with Crippen LogP contribution >= 0.6 is 0 Å². The van der Waals surface area contributed by atoms with Gasteiger partial charge >= 0.3 is 0 Å². The molecule has 0 amide bonds. The van der Waals surface area contributed by atoms with Gasteiger partial charge in [0.25, 0.3) is 0 Å². The van der Waals surface area contributed by atoms with Crippen LogP contribution in [0.5, 0.6) is 0 Å². The Bertz CT molecular complexity index is 250. The van der Waals surface area contributed by atoms with E-state index in [1.807, 2.05) is 21.1 Å². The predicted molar refractivity (Wildman–Crippen MR) is 65.0 cm³/mol. The Kier molecular flexibility index (Phi) is 7.13. The topological polar surface area (TPSA) is 40.6 Å². The Labute approximate surface area is 94.2 Å². The second-order valence-electron chi connectivity index (χ2n) is 4.20. The molecule has 5 heteroatoms. The molecule has 0 spiro atoms. The highest BCUT2D eigenvalue weighted by atomic mass is 32.2. The van der Waals surface area contributed by atoms with Crippen molar-refractivity contribution in [3.8, 4) is 0 Å². The van der Waals surface area contributed by atoms with Crippen LogP contribution in [0.2, 0.25) is 0 Å². The molecule has 0 fully saturated rings. The summed E-state index contributed by atoms with van der Waals surface area (Å²) in [6.07, 6.45) is 1.08. The summed E-state index contributed by atoms with van der Waals surface area (Å²) in [6.45, 7) is 4.34. The Morgan fingerprint density at radius 3 is 2.07 bits per heavy atom. The molecular formula is C10H24N2O2S. The molecule has 0 aromatic rings. The minimum atomic E-state index is -2.81. The van der Waals surface area contributed by atoms with Crippen LogP contribution in [0.25, 0.3) is 0 Å². The fourth-order valence-corrected chi connectivity index (χ4v) is 2.09. The average Bonchev–Trinajstić information content (AvgIpc) is 2.14. The van der Waals surface area contributed by atoms with E-state index in [1.165, 1.54) is 0 Å². The van der Waals surface area contributed by atoms with E-state index in [0.717, 1.165) is 19.5 Å². The molecule has 4 nitrogen and oxygen atoms in total. The average molecular weight is 236 g/mol. The minimum absolute atomic E-state index is 0.249. The Hall–Kier alpha value is -0.130. The number of rotatable bonds is 8. The minimum Gasteiger partial charge on any atom is -0.309 e. The van der Waals surface area contributed by atoms with E-state index in [2.05, 4.69) is 9.80 Å². The zero-order valence-electron chi connectivity index (χ0n) is 10.4. The molecule has 0 aliphatic heterocycles. The van der Waals surface area contributed by atoms with Crippen molar-refractivity contribution in [1.29, 1.82) is 0 Å².